The lowest BCUT2D eigenvalue weighted by molar-refractivity contribution is -0.123. The van der Waals surface area contributed by atoms with Gasteiger partial charge in [-0.3, -0.25) is 14.6 Å². The molecular formula is C24H24N6O6. The van der Waals surface area contributed by atoms with E-state index in [0.29, 0.717) is 47.5 Å². The number of fused-ring (bicyclic) bond motifs is 1. The molecule has 2 amide bonds. The molecule has 1 saturated heterocycles. The highest BCUT2D eigenvalue weighted by atomic mass is 16.5. The van der Waals surface area contributed by atoms with E-state index in [9.17, 15) is 9.59 Å². The minimum absolute atomic E-state index is 0.0158. The van der Waals surface area contributed by atoms with Crippen LogP contribution >= 0.6 is 0 Å². The molecule has 0 N–H and O–H groups in total. The molecule has 12 nitrogen and oxygen atoms in total. The van der Waals surface area contributed by atoms with Gasteiger partial charge >= 0.3 is 0 Å². The first-order valence-corrected chi connectivity index (χ1v) is 11.5. The topological polar surface area (TPSA) is 132 Å². The molecule has 2 atom stereocenters. The number of aromatic nitrogens is 2. The van der Waals surface area contributed by atoms with Crippen molar-refractivity contribution < 1.29 is 28.3 Å². The van der Waals surface area contributed by atoms with Crippen molar-refractivity contribution in [2.45, 2.75) is 32.5 Å². The summed E-state index contributed by atoms with van der Waals surface area (Å²) in [6.07, 6.45) is 0. The molecule has 0 saturated carbocycles. The summed E-state index contributed by atoms with van der Waals surface area (Å²) in [6.45, 7) is 4.81. The Morgan fingerprint density at radius 3 is 2.47 bits per heavy atom. The molecule has 0 bridgehead atoms. The summed E-state index contributed by atoms with van der Waals surface area (Å²) in [6, 6.07) is 10.3. The Bertz CT molecular complexity index is 1310. The zero-order valence-electron chi connectivity index (χ0n) is 20.0. The number of benzene rings is 2. The number of nitrogens with zero attached hydrogens (tertiary/aromatic N) is 6. The molecule has 3 heterocycles. The first-order valence-electron chi connectivity index (χ1n) is 11.5. The number of methoxy groups -OCH3 is 1. The first-order chi connectivity index (χ1) is 17.5. The molecule has 12 heteroatoms. The van der Waals surface area contributed by atoms with Gasteiger partial charge in [0.2, 0.25) is 11.7 Å². The van der Waals surface area contributed by atoms with Gasteiger partial charge < -0.3 is 18.7 Å². The van der Waals surface area contributed by atoms with Gasteiger partial charge in [0.15, 0.2) is 23.6 Å². The van der Waals surface area contributed by atoms with Gasteiger partial charge in [-0.1, -0.05) is 10.4 Å². The van der Waals surface area contributed by atoms with Crippen LogP contribution in [0.4, 0.5) is 5.69 Å². The largest absolute Gasteiger partial charge is 0.494 e. The van der Waals surface area contributed by atoms with E-state index in [1.165, 1.54) is 5.01 Å². The maximum atomic E-state index is 13.2. The fraction of sp³-hybridized carbons (Fsp3) is 0.333. The summed E-state index contributed by atoms with van der Waals surface area (Å²) >= 11 is 0. The van der Waals surface area contributed by atoms with Crippen LogP contribution in [0.25, 0.3) is 11.4 Å². The molecular weight excluding hydrogens is 468 g/mol. The molecule has 2 aromatic carbocycles. The van der Waals surface area contributed by atoms with Crippen LogP contribution in [0, 0.1) is 0 Å². The normalized spacial score (nSPS) is 18.6. The second kappa shape index (κ2) is 9.64. The lowest BCUT2D eigenvalue weighted by Gasteiger charge is -2.19. The molecule has 2 aliphatic rings. The average Bonchev–Trinajstić information content (AvgIpc) is 3.58. The van der Waals surface area contributed by atoms with Gasteiger partial charge in [0.1, 0.15) is 12.3 Å². The van der Waals surface area contributed by atoms with Gasteiger partial charge in [-0.2, -0.15) is 10.1 Å². The molecule has 1 aromatic heterocycles. The van der Waals surface area contributed by atoms with Crippen LogP contribution in [0.15, 0.2) is 57.3 Å². The highest BCUT2D eigenvalue weighted by Crippen LogP contribution is 2.34. The summed E-state index contributed by atoms with van der Waals surface area (Å²) in [5.74, 6) is 1.50. The Kier molecular flexibility index (Phi) is 6.23. The monoisotopic (exact) mass is 492 g/mol. The van der Waals surface area contributed by atoms with Gasteiger partial charge in [0.05, 0.1) is 26.0 Å². The SMILES string of the molecule is CCOc1ccc(N2C(=O)[C@H]3N=NN(Cc4nc(-c5ccc(OCC)c(OC)c5)no4)[C@@H]3C2=O)cc1. The number of rotatable bonds is 9. The average molecular weight is 492 g/mol. The maximum Gasteiger partial charge on any atom is 0.263 e. The Morgan fingerprint density at radius 2 is 1.75 bits per heavy atom. The van der Waals surface area contributed by atoms with Gasteiger partial charge in [-0.15, -0.1) is 0 Å². The summed E-state index contributed by atoms with van der Waals surface area (Å²) in [4.78, 5) is 31.7. The van der Waals surface area contributed by atoms with Crippen molar-refractivity contribution in [3.8, 4) is 28.6 Å². The third-order valence-electron chi connectivity index (χ3n) is 5.75. The number of carbonyl (C=O) groups excluding carboxylic acids is 2. The van der Waals surface area contributed by atoms with E-state index in [1.54, 1.807) is 49.6 Å². The number of anilines is 1. The van der Waals surface area contributed by atoms with E-state index < -0.39 is 23.9 Å². The predicted molar refractivity (Wildman–Crippen MR) is 126 cm³/mol. The molecule has 2 aliphatic heterocycles. The van der Waals surface area contributed by atoms with E-state index in [1.807, 2.05) is 13.8 Å². The second-order valence-corrected chi connectivity index (χ2v) is 7.94. The van der Waals surface area contributed by atoms with E-state index in [-0.39, 0.29) is 12.4 Å². The van der Waals surface area contributed by atoms with Crippen LogP contribution in [-0.4, -0.2) is 59.4 Å². The predicted octanol–water partition coefficient (Wildman–Crippen LogP) is 3.04. The third-order valence-corrected chi connectivity index (χ3v) is 5.75. The van der Waals surface area contributed by atoms with E-state index >= 15 is 0 Å². The lowest BCUT2D eigenvalue weighted by atomic mass is 10.1. The van der Waals surface area contributed by atoms with Gasteiger partial charge in [-0.05, 0) is 56.3 Å². The Morgan fingerprint density at radius 1 is 0.972 bits per heavy atom. The van der Waals surface area contributed by atoms with Crippen LogP contribution in [0.3, 0.4) is 0 Å². The lowest BCUT2D eigenvalue weighted by Crippen LogP contribution is -2.39. The summed E-state index contributed by atoms with van der Waals surface area (Å²) < 4.78 is 21.7. The number of carbonyl (C=O) groups is 2. The summed E-state index contributed by atoms with van der Waals surface area (Å²) in [5.41, 5.74) is 1.11. The van der Waals surface area contributed by atoms with Crippen molar-refractivity contribution in [1.29, 1.82) is 0 Å². The minimum Gasteiger partial charge on any atom is -0.494 e. The van der Waals surface area contributed by atoms with Crippen molar-refractivity contribution in [3.05, 3.63) is 48.4 Å². The Labute approximate surface area is 206 Å². The summed E-state index contributed by atoms with van der Waals surface area (Å²) in [7, 11) is 1.55. The van der Waals surface area contributed by atoms with Crippen LogP contribution in [0.5, 0.6) is 17.2 Å². The number of ether oxygens (including phenoxy) is 3. The Balaban J connectivity index is 1.31. The minimum atomic E-state index is -0.929. The van der Waals surface area contributed by atoms with E-state index in [4.69, 9.17) is 18.7 Å². The smallest absolute Gasteiger partial charge is 0.263 e. The first kappa shape index (κ1) is 23.3. The van der Waals surface area contributed by atoms with E-state index in [2.05, 4.69) is 20.5 Å². The third kappa shape index (κ3) is 4.10. The highest BCUT2D eigenvalue weighted by molar-refractivity contribution is 6.25. The van der Waals surface area contributed by atoms with Crippen molar-refractivity contribution in [2.75, 3.05) is 25.2 Å². The van der Waals surface area contributed by atoms with Crippen molar-refractivity contribution in [1.82, 2.24) is 15.1 Å². The van der Waals surface area contributed by atoms with Crippen LogP contribution in [0.1, 0.15) is 19.7 Å². The van der Waals surface area contributed by atoms with Crippen LogP contribution in [0.2, 0.25) is 0 Å². The highest BCUT2D eigenvalue weighted by Gasteiger charge is 2.55. The number of imide groups is 1. The number of hydrogen-bond donors (Lipinski definition) is 0. The molecule has 0 aliphatic carbocycles. The molecule has 0 radical (unpaired) electrons. The molecule has 36 heavy (non-hydrogen) atoms. The van der Waals surface area contributed by atoms with Crippen molar-refractivity contribution >= 4 is 17.5 Å². The standard InChI is InChI=1S/C24H24N6O6/c1-4-34-16-9-7-15(8-10-16)30-23(31)20-21(24(30)32)29(28-26-20)13-19-25-22(27-36-19)14-6-11-17(35-5-2)18(12-14)33-3/h6-12,20-21H,4-5,13H2,1-3H3/t20-,21-/m0/s1. The number of amides is 2. The molecule has 0 unspecified atom stereocenters. The summed E-state index contributed by atoms with van der Waals surface area (Å²) in [5, 5.41) is 13.5. The molecule has 3 aromatic rings. The molecule has 186 valence electrons. The quantitative estimate of drug-likeness (QED) is 0.413. The molecule has 1 fully saturated rings. The van der Waals surface area contributed by atoms with Gasteiger partial charge in [0.25, 0.3) is 11.8 Å². The maximum absolute atomic E-state index is 13.2. The fourth-order valence-corrected chi connectivity index (χ4v) is 4.12. The zero-order chi connectivity index (χ0) is 25.2. The van der Waals surface area contributed by atoms with Crippen LogP contribution in [-0.2, 0) is 16.1 Å². The fourth-order valence-electron chi connectivity index (χ4n) is 4.12. The van der Waals surface area contributed by atoms with Crippen LogP contribution < -0.4 is 19.1 Å². The van der Waals surface area contributed by atoms with Gasteiger partial charge in [0, 0.05) is 5.56 Å². The Hall–Kier alpha value is -4.48. The molecule has 0 spiro atoms. The molecule has 5 rings (SSSR count). The zero-order valence-corrected chi connectivity index (χ0v) is 20.0. The van der Waals surface area contributed by atoms with Crippen molar-refractivity contribution in [3.63, 3.8) is 0 Å². The second-order valence-electron chi connectivity index (χ2n) is 7.94. The van der Waals surface area contributed by atoms with Gasteiger partial charge in [-0.25, -0.2) is 4.90 Å². The number of hydrogen-bond acceptors (Lipinski definition) is 11. The van der Waals surface area contributed by atoms with Crippen molar-refractivity contribution in [2.24, 2.45) is 10.3 Å². The van der Waals surface area contributed by atoms with E-state index in [0.717, 1.165) is 4.90 Å².